The van der Waals surface area contributed by atoms with Gasteiger partial charge in [-0.3, -0.25) is 0 Å². The van der Waals surface area contributed by atoms with Gasteiger partial charge in [-0.15, -0.1) is 0 Å². The smallest absolute Gasteiger partial charge is 0.122 e. The van der Waals surface area contributed by atoms with Gasteiger partial charge in [-0.2, -0.15) is 0 Å². The number of nitrogens with one attached hydrogen (secondary N) is 1. The lowest BCUT2D eigenvalue weighted by atomic mass is 9.97. The van der Waals surface area contributed by atoms with Crippen molar-refractivity contribution in [2.75, 3.05) is 19.7 Å². The van der Waals surface area contributed by atoms with E-state index in [1.165, 1.54) is 18.4 Å². The molecule has 2 rings (SSSR count). The standard InChI is InChI=1S/C16H25NO/c1-3-13(2)15-6-4-5-7-16(15)18-12-14-8-10-17-11-9-14/h4-7,13-14,17H,3,8-12H2,1-2H3/t13-/m0/s1. The highest BCUT2D eigenvalue weighted by Crippen LogP contribution is 2.29. The third-order valence-corrected chi connectivity index (χ3v) is 4.00. The van der Waals surface area contributed by atoms with E-state index in [0.29, 0.717) is 5.92 Å². The van der Waals surface area contributed by atoms with Crippen LogP contribution in [-0.4, -0.2) is 19.7 Å². The number of piperidine rings is 1. The number of hydrogen-bond acceptors (Lipinski definition) is 2. The van der Waals surface area contributed by atoms with Crippen LogP contribution >= 0.6 is 0 Å². The van der Waals surface area contributed by atoms with Gasteiger partial charge in [-0.05, 0) is 55.8 Å². The van der Waals surface area contributed by atoms with Crippen LogP contribution in [0.1, 0.15) is 44.6 Å². The highest BCUT2D eigenvalue weighted by atomic mass is 16.5. The molecule has 1 atom stereocenters. The Labute approximate surface area is 111 Å². The van der Waals surface area contributed by atoms with Crippen molar-refractivity contribution in [1.82, 2.24) is 5.32 Å². The first kappa shape index (κ1) is 13.4. The van der Waals surface area contributed by atoms with Crippen LogP contribution in [0.3, 0.4) is 0 Å². The number of hydrogen-bond donors (Lipinski definition) is 1. The number of rotatable bonds is 5. The maximum atomic E-state index is 6.07. The van der Waals surface area contributed by atoms with Crippen molar-refractivity contribution in [1.29, 1.82) is 0 Å². The van der Waals surface area contributed by atoms with E-state index in [1.807, 2.05) is 0 Å². The Morgan fingerprint density at radius 1 is 1.28 bits per heavy atom. The van der Waals surface area contributed by atoms with Gasteiger partial charge in [0.2, 0.25) is 0 Å². The molecule has 1 fully saturated rings. The summed E-state index contributed by atoms with van der Waals surface area (Å²) < 4.78 is 6.07. The summed E-state index contributed by atoms with van der Waals surface area (Å²) in [5, 5.41) is 3.40. The number of ether oxygens (including phenoxy) is 1. The summed E-state index contributed by atoms with van der Waals surface area (Å²) in [4.78, 5) is 0. The molecule has 0 aliphatic carbocycles. The molecule has 0 radical (unpaired) electrons. The van der Waals surface area contributed by atoms with Crippen molar-refractivity contribution in [3.8, 4) is 5.75 Å². The van der Waals surface area contributed by atoms with E-state index in [-0.39, 0.29) is 0 Å². The van der Waals surface area contributed by atoms with E-state index >= 15 is 0 Å². The monoisotopic (exact) mass is 247 g/mol. The molecule has 1 aromatic carbocycles. The lowest BCUT2D eigenvalue weighted by Gasteiger charge is -2.24. The quantitative estimate of drug-likeness (QED) is 0.858. The van der Waals surface area contributed by atoms with E-state index in [2.05, 4.69) is 43.4 Å². The lowest BCUT2D eigenvalue weighted by molar-refractivity contribution is 0.213. The van der Waals surface area contributed by atoms with Crippen molar-refractivity contribution in [3.05, 3.63) is 29.8 Å². The Morgan fingerprint density at radius 3 is 2.72 bits per heavy atom. The summed E-state index contributed by atoms with van der Waals surface area (Å²) in [7, 11) is 0. The van der Waals surface area contributed by atoms with E-state index in [9.17, 15) is 0 Å². The molecular formula is C16H25NO. The van der Waals surface area contributed by atoms with E-state index in [0.717, 1.165) is 37.8 Å². The maximum absolute atomic E-state index is 6.07. The molecule has 2 heteroatoms. The Balaban J connectivity index is 1.95. The number of benzene rings is 1. The zero-order chi connectivity index (χ0) is 12.8. The molecule has 1 N–H and O–H groups in total. The van der Waals surface area contributed by atoms with Gasteiger partial charge in [-0.25, -0.2) is 0 Å². The summed E-state index contributed by atoms with van der Waals surface area (Å²) in [6, 6.07) is 8.50. The van der Waals surface area contributed by atoms with Crippen molar-refractivity contribution in [2.45, 2.75) is 39.0 Å². The fourth-order valence-electron chi connectivity index (χ4n) is 2.50. The molecular weight excluding hydrogens is 222 g/mol. The fraction of sp³-hybridized carbons (Fsp3) is 0.625. The molecule has 0 spiro atoms. The molecule has 1 aliphatic heterocycles. The van der Waals surface area contributed by atoms with E-state index in [4.69, 9.17) is 4.74 Å². The Hall–Kier alpha value is -1.02. The Bertz CT molecular complexity index is 358. The van der Waals surface area contributed by atoms with Crippen molar-refractivity contribution in [3.63, 3.8) is 0 Å². The van der Waals surface area contributed by atoms with Gasteiger partial charge in [0.05, 0.1) is 6.61 Å². The minimum Gasteiger partial charge on any atom is -0.493 e. The molecule has 1 aromatic rings. The van der Waals surface area contributed by atoms with Gasteiger partial charge in [-0.1, -0.05) is 32.0 Å². The minimum absolute atomic E-state index is 0.578. The molecule has 0 saturated carbocycles. The van der Waals surface area contributed by atoms with Crippen LogP contribution in [0.15, 0.2) is 24.3 Å². The minimum atomic E-state index is 0.578. The van der Waals surface area contributed by atoms with Gasteiger partial charge in [0, 0.05) is 0 Å². The second-order valence-electron chi connectivity index (χ2n) is 5.35. The average molecular weight is 247 g/mol. The molecule has 0 amide bonds. The zero-order valence-corrected chi connectivity index (χ0v) is 11.6. The van der Waals surface area contributed by atoms with Gasteiger partial charge < -0.3 is 10.1 Å². The molecule has 0 bridgehead atoms. The summed E-state index contributed by atoms with van der Waals surface area (Å²) in [6.07, 6.45) is 3.64. The normalized spacial score (nSPS) is 18.6. The van der Waals surface area contributed by atoms with Crippen LogP contribution < -0.4 is 10.1 Å². The second-order valence-corrected chi connectivity index (χ2v) is 5.35. The van der Waals surface area contributed by atoms with Crippen LogP contribution in [-0.2, 0) is 0 Å². The molecule has 0 unspecified atom stereocenters. The summed E-state index contributed by atoms with van der Waals surface area (Å²) >= 11 is 0. The third-order valence-electron chi connectivity index (χ3n) is 4.00. The van der Waals surface area contributed by atoms with Gasteiger partial charge >= 0.3 is 0 Å². The van der Waals surface area contributed by atoms with E-state index < -0.39 is 0 Å². The first-order valence-corrected chi connectivity index (χ1v) is 7.23. The van der Waals surface area contributed by atoms with Crippen LogP contribution in [0.4, 0.5) is 0 Å². The van der Waals surface area contributed by atoms with Crippen molar-refractivity contribution >= 4 is 0 Å². The Kier molecular flexibility index (Phi) is 5.06. The van der Waals surface area contributed by atoms with Crippen LogP contribution in [0.2, 0.25) is 0 Å². The molecule has 1 aliphatic rings. The predicted molar refractivity (Wildman–Crippen MR) is 76.2 cm³/mol. The van der Waals surface area contributed by atoms with Crippen molar-refractivity contribution in [2.24, 2.45) is 5.92 Å². The first-order chi connectivity index (χ1) is 8.81. The molecule has 1 heterocycles. The number of para-hydroxylation sites is 1. The molecule has 100 valence electrons. The second kappa shape index (κ2) is 6.79. The molecule has 2 nitrogen and oxygen atoms in total. The van der Waals surface area contributed by atoms with Crippen LogP contribution in [0.25, 0.3) is 0 Å². The molecule has 0 aromatic heterocycles. The summed E-state index contributed by atoms with van der Waals surface area (Å²) in [5.74, 6) is 2.39. The lowest BCUT2D eigenvalue weighted by Crippen LogP contribution is -2.30. The van der Waals surface area contributed by atoms with Gasteiger partial charge in [0.15, 0.2) is 0 Å². The molecule has 18 heavy (non-hydrogen) atoms. The first-order valence-electron chi connectivity index (χ1n) is 7.23. The zero-order valence-electron chi connectivity index (χ0n) is 11.6. The van der Waals surface area contributed by atoms with Crippen molar-refractivity contribution < 1.29 is 4.74 Å². The largest absolute Gasteiger partial charge is 0.493 e. The average Bonchev–Trinajstić information content (AvgIpc) is 2.45. The topological polar surface area (TPSA) is 21.3 Å². The highest BCUT2D eigenvalue weighted by Gasteiger charge is 2.15. The fourth-order valence-corrected chi connectivity index (χ4v) is 2.50. The van der Waals surface area contributed by atoms with Gasteiger partial charge in [0.25, 0.3) is 0 Å². The molecule has 1 saturated heterocycles. The summed E-state index contributed by atoms with van der Waals surface area (Å²) in [6.45, 7) is 7.65. The third kappa shape index (κ3) is 3.49. The predicted octanol–water partition coefficient (Wildman–Crippen LogP) is 3.58. The Morgan fingerprint density at radius 2 is 2.00 bits per heavy atom. The van der Waals surface area contributed by atoms with E-state index in [1.54, 1.807) is 0 Å². The SMILES string of the molecule is CC[C@H](C)c1ccccc1OCC1CCNCC1. The summed E-state index contributed by atoms with van der Waals surface area (Å²) in [5.41, 5.74) is 1.36. The highest BCUT2D eigenvalue weighted by molar-refractivity contribution is 5.35. The van der Waals surface area contributed by atoms with Crippen LogP contribution in [0, 0.1) is 5.92 Å². The van der Waals surface area contributed by atoms with Crippen LogP contribution in [0.5, 0.6) is 5.75 Å². The maximum Gasteiger partial charge on any atom is 0.122 e. The van der Waals surface area contributed by atoms with Gasteiger partial charge in [0.1, 0.15) is 5.75 Å².